The topological polar surface area (TPSA) is 93.3 Å². The van der Waals surface area contributed by atoms with E-state index in [9.17, 15) is 9.59 Å². The lowest BCUT2D eigenvalue weighted by Crippen LogP contribution is -2.24. The summed E-state index contributed by atoms with van der Waals surface area (Å²) in [7, 11) is 3.00. The lowest BCUT2D eigenvalue weighted by Gasteiger charge is -2.11. The van der Waals surface area contributed by atoms with E-state index < -0.39 is 11.5 Å². The number of aryl methyl sites for hydroxylation is 1. The molecule has 2 rings (SSSR count). The number of hydrogen-bond acceptors (Lipinski definition) is 5. The zero-order valence-corrected chi connectivity index (χ0v) is 11.9. The average molecular weight is 289 g/mol. The van der Waals surface area contributed by atoms with Gasteiger partial charge in [0.25, 0.3) is 11.5 Å². The molecule has 2 N–H and O–H groups in total. The Morgan fingerprint density at radius 1 is 1.29 bits per heavy atom. The van der Waals surface area contributed by atoms with Gasteiger partial charge < -0.3 is 19.8 Å². The third kappa shape index (κ3) is 3.19. The Balaban J connectivity index is 2.32. The van der Waals surface area contributed by atoms with Crippen molar-refractivity contribution in [2.45, 2.75) is 6.92 Å². The minimum Gasteiger partial charge on any atom is -0.497 e. The molecule has 0 atom stereocenters. The Morgan fingerprint density at radius 3 is 2.67 bits per heavy atom. The monoisotopic (exact) mass is 289 g/mol. The maximum atomic E-state index is 12.1. The van der Waals surface area contributed by atoms with Crippen LogP contribution in [0.4, 0.5) is 5.69 Å². The van der Waals surface area contributed by atoms with Crippen LogP contribution in [0.1, 0.15) is 16.2 Å². The first-order valence-corrected chi connectivity index (χ1v) is 6.14. The summed E-state index contributed by atoms with van der Waals surface area (Å²) < 4.78 is 10.3. The molecule has 0 aliphatic carbocycles. The van der Waals surface area contributed by atoms with Gasteiger partial charge in [0.1, 0.15) is 22.9 Å². The van der Waals surface area contributed by atoms with E-state index in [-0.39, 0.29) is 5.56 Å². The number of nitrogens with zero attached hydrogens (tertiary/aromatic N) is 1. The highest BCUT2D eigenvalue weighted by molar-refractivity contribution is 6.04. The van der Waals surface area contributed by atoms with Crippen LogP contribution in [0.5, 0.6) is 11.5 Å². The highest BCUT2D eigenvalue weighted by Gasteiger charge is 2.14. The number of ether oxygens (including phenoxy) is 2. The molecule has 7 nitrogen and oxygen atoms in total. The fourth-order valence-corrected chi connectivity index (χ4v) is 1.75. The number of benzene rings is 1. The molecule has 0 aliphatic rings. The Labute approximate surface area is 120 Å². The molecule has 0 unspecified atom stereocenters. The van der Waals surface area contributed by atoms with Crippen molar-refractivity contribution < 1.29 is 14.3 Å². The summed E-state index contributed by atoms with van der Waals surface area (Å²) in [5, 5.41) is 2.61. The summed E-state index contributed by atoms with van der Waals surface area (Å²) in [5.74, 6) is 0.883. The van der Waals surface area contributed by atoms with Crippen molar-refractivity contribution in [3.63, 3.8) is 0 Å². The standard InChI is InChI=1S/C14H15N3O4/c1-8-15-7-10(13(18)16-8)14(19)17-11-6-9(20-2)4-5-12(11)21-3/h4-7H,1-3H3,(H,17,19)(H,15,16,18). The predicted octanol–water partition coefficient (Wildman–Crippen LogP) is 1.35. The highest BCUT2D eigenvalue weighted by atomic mass is 16.5. The number of H-pyrrole nitrogens is 1. The number of rotatable bonds is 4. The third-order valence-electron chi connectivity index (χ3n) is 2.83. The summed E-state index contributed by atoms with van der Waals surface area (Å²) in [5.41, 5.74) is -0.172. The van der Waals surface area contributed by atoms with Crippen LogP contribution < -0.4 is 20.3 Å². The van der Waals surface area contributed by atoms with E-state index >= 15 is 0 Å². The number of hydrogen-bond donors (Lipinski definition) is 2. The van der Waals surface area contributed by atoms with Crippen molar-refractivity contribution in [2.24, 2.45) is 0 Å². The van der Waals surface area contributed by atoms with E-state index in [1.54, 1.807) is 25.1 Å². The van der Waals surface area contributed by atoms with Crippen molar-refractivity contribution in [3.8, 4) is 11.5 Å². The molecule has 7 heteroatoms. The number of carbonyl (C=O) groups is 1. The second kappa shape index (κ2) is 6.08. The Bertz CT molecular complexity index is 724. The number of carbonyl (C=O) groups excluding carboxylic acids is 1. The summed E-state index contributed by atoms with van der Waals surface area (Å²) in [6, 6.07) is 4.97. The summed E-state index contributed by atoms with van der Waals surface area (Å²) in [6.07, 6.45) is 1.23. The van der Waals surface area contributed by atoms with Gasteiger partial charge in [0, 0.05) is 12.3 Å². The number of aromatic nitrogens is 2. The van der Waals surface area contributed by atoms with Crippen LogP contribution in [0.15, 0.2) is 29.2 Å². The normalized spacial score (nSPS) is 10.0. The number of aromatic amines is 1. The van der Waals surface area contributed by atoms with E-state index in [0.717, 1.165) is 0 Å². The quantitative estimate of drug-likeness (QED) is 0.886. The zero-order chi connectivity index (χ0) is 15.4. The molecule has 1 amide bonds. The number of nitrogens with one attached hydrogen (secondary N) is 2. The first-order chi connectivity index (χ1) is 10.0. The van der Waals surface area contributed by atoms with Crippen molar-refractivity contribution in [3.05, 3.63) is 46.1 Å². The molecule has 0 spiro atoms. The Kier molecular flexibility index (Phi) is 4.22. The van der Waals surface area contributed by atoms with E-state index in [4.69, 9.17) is 9.47 Å². The van der Waals surface area contributed by atoms with Gasteiger partial charge in [0.15, 0.2) is 0 Å². The lowest BCUT2D eigenvalue weighted by molar-refractivity contribution is 0.102. The fourth-order valence-electron chi connectivity index (χ4n) is 1.75. The molecule has 0 saturated heterocycles. The van der Waals surface area contributed by atoms with Crippen LogP contribution >= 0.6 is 0 Å². The van der Waals surface area contributed by atoms with Crippen LogP contribution in [0.2, 0.25) is 0 Å². The van der Waals surface area contributed by atoms with E-state index in [2.05, 4.69) is 15.3 Å². The Hall–Kier alpha value is -2.83. The van der Waals surface area contributed by atoms with Gasteiger partial charge in [-0.2, -0.15) is 0 Å². The first kappa shape index (κ1) is 14.6. The molecule has 1 aromatic heterocycles. The van der Waals surface area contributed by atoms with Gasteiger partial charge in [-0.25, -0.2) is 4.98 Å². The highest BCUT2D eigenvalue weighted by Crippen LogP contribution is 2.29. The largest absolute Gasteiger partial charge is 0.497 e. The lowest BCUT2D eigenvalue weighted by atomic mass is 10.2. The van der Waals surface area contributed by atoms with Crippen LogP contribution in [-0.2, 0) is 0 Å². The van der Waals surface area contributed by atoms with Gasteiger partial charge in [-0.3, -0.25) is 9.59 Å². The molecule has 110 valence electrons. The van der Waals surface area contributed by atoms with Gasteiger partial charge in [-0.1, -0.05) is 0 Å². The van der Waals surface area contributed by atoms with Gasteiger partial charge in [0.2, 0.25) is 0 Å². The second-order valence-electron chi connectivity index (χ2n) is 4.23. The molecule has 1 aromatic carbocycles. The molecule has 0 radical (unpaired) electrons. The summed E-state index contributed by atoms with van der Waals surface area (Å²) in [4.78, 5) is 30.3. The smallest absolute Gasteiger partial charge is 0.263 e. The second-order valence-corrected chi connectivity index (χ2v) is 4.23. The minimum atomic E-state index is -0.574. The zero-order valence-electron chi connectivity index (χ0n) is 11.9. The van der Waals surface area contributed by atoms with Crippen molar-refractivity contribution in [2.75, 3.05) is 19.5 Å². The van der Waals surface area contributed by atoms with Gasteiger partial charge in [-0.05, 0) is 19.1 Å². The van der Waals surface area contributed by atoms with Crippen LogP contribution in [0, 0.1) is 6.92 Å². The number of anilines is 1. The molecule has 2 aromatic rings. The number of amides is 1. The molecular weight excluding hydrogens is 274 g/mol. The fraction of sp³-hybridized carbons (Fsp3) is 0.214. The predicted molar refractivity (Wildman–Crippen MR) is 77.1 cm³/mol. The van der Waals surface area contributed by atoms with Crippen molar-refractivity contribution >= 4 is 11.6 Å². The van der Waals surface area contributed by atoms with Crippen LogP contribution in [0.3, 0.4) is 0 Å². The maximum absolute atomic E-state index is 12.1. The maximum Gasteiger partial charge on any atom is 0.263 e. The van der Waals surface area contributed by atoms with Gasteiger partial charge in [-0.15, -0.1) is 0 Å². The summed E-state index contributed by atoms with van der Waals surface area (Å²) >= 11 is 0. The molecule has 0 bridgehead atoms. The van der Waals surface area contributed by atoms with Crippen LogP contribution in [0.25, 0.3) is 0 Å². The number of methoxy groups -OCH3 is 2. The Morgan fingerprint density at radius 2 is 2.05 bits per heavy atom. The molecular formula is C14H15N3O4. The summed E-state index contributed by atoms with van der Waals surface area (Å²) in [6.45, 7) is 1.63. The van der Waals surface area contributed by atoms with Crippen molar-refractivity contribution in [1.82, 2.24) is 9.97 Å². The molecule has 1 heterocycles. The third-order valence-corrected chi connectivity index (χ3v) is 2.83. The average Bonchev–Trinajstić information content (AvgIpc) is 2.46. The molecule has 0 fully saturated rings. The molecule has 21 heavy (non-hydrogen) atoms. The van der Waals surface area contributed by atoms with E-state index in [1.807, 2.05) is 0 Å². The molecule has 0 saturated carbocycles. The van der Waals surface area contributed by atoms with Gasteiger partial charge in [0.05, 0.1) is 19.9 Å². The molecule has 0 aliphatic heterocycles. The van der Waals surface area contributed by atoms with Crippen LogP contribution in [-0.4, -0.2) is 30.1 Å². The van der Waals surface area contributed by atoms with Crippen molar-refractivity contribution in [1.29, 1.82) is 0 Å². The van der Waals surface area contributed by atoms with E-state index in [1.165, 1.54) is 20.4 Å². The van der Waals surface area contributed by atoms with E-state index in [0.29, 0.717) is 23.0 Å². The minimum absolute atomic E-state index is 0.0783. The van der Waals surface area contributed by atoms with Gasteiger partial charge >= 0.3 is 0 Å². The SMILES string of the molecule is COc1ccc(OC)c(NC(=O)c2cnc(C)[nH]c2=O)c1. The first-order valence-electron chi connectivity index (χ1n) is 6.14.